The average molecular weight is 270 g/mol. The fraction of sp³-hybridized carbons (Fsp3) is 0.200. The third-order valence-electron chi connectivity index (χ3n) is 3.15. The van der Waals surface area contributed by atoms with Gasteiger partial charge < -0.3 is 15.8 Å². The molecule has 0 saturated carbocycles. The minimum atomic E-state index is 0.0583. The smallest absolute Gasteiger partial charge is 0.171 e. The summed E-state index contributed by atoms with van der Waals surface area (Å²) in [6, 6.07) is 11.8. The lowest BCUT2D eigenvalue weighted by atomic mass is 10.1. The van der Waals surface area contributed by atoms with E-state index in [1.54, 1.807) is 12.3 Å². The number of nitrogens with zero attached hydrogens (tertiary/aromatic N) is 3. The summed E-state index contributed by atoms with van der Waals surface area (Å²) >= 11 is 0. The van der Waals surface area contributed by atoms with Gasteiger partial charge in [-0.2, -0.15) is 0 Å². The first kappa shape index (κ1) is 13.9. The highest BCUT2D eigenvalue weighted by Gasteiger charge is 2.11. The number of hydrogen-bond acceptors (Lipinski definition) is 4. The number of rotatable bonds is 4. The number of aryl methyl sites for hydroxylation is 1. The summed E-state index contributed by atoms with van der Waals surface area (Å²) in [5.74, 6) is 0.888. The van der Waals surface area contributed by atoms with Crippen LogP contribution < -0.4 is 10.6 Å². The first-order chi connectivity index (χ1) is 9.67. The van der Waals surface area contributed by atoms with Crippen LogP contribution in [0.1, 0.15) is 18.1 Å². The molecule has 0 aliphatic carbocycles. The molecule has 0 aliphatic rings. The summed E-state index contributed by atoms with van der Waals surface area (Å²) in [7, 11) is 0. The van der Waals surface area contributed by atoms with Crippen LogP contribution in [-0.2, 0) is 0 Å². The number of anilines is 2. The molecule has 0 saturated heterocycles. The molecule has 104 valence electrons. The molecule has 20 heavy (non-hydrogen) atoms. The third kappa shape index (κ3) is 2.71. The standard InChI is InChI=1S/C15H18N4O/c1-3-19(13-7-5-4-6-11(13)2)14-9-8-12(10-17-14)15(16)18-20/h4-10,20H,3H2,1-2H3,(H2,16,18). The maximum absolute atomic E-state index is 8.65. The molecule has 2 rings (SSSR count). The SMILES string of the molecule is CCN(c1ccc(/C(N)=N/O)cn1)c1ccccc1C. The van der Waals surface area contributed by atoms with Gasteiger partial charge in [-0.15, -0.1) is 0 Å². The molecule has 5 heteroatoms. The molecule has 0 amide bonds. The first-order valence-electron chi connectivity index (χ1n) is 6.44. The van der Waals surface area contributed by atoms with Crippen molar-refractivity contribution in [3.63, 3.8) is 0 Å². The third-order valence-corrected chi connectivity index (χ3v) is 3.15. The van der Waals surface area contributed by atoms with Crippen molar-refractivity contribution in [1.29, 1.82) is 0 Å². The molecule has 1 heterocycles. The quantitative estimate of drug-likeness (QED) is 0.387. The van der Waals surface area contributed by atoms with Gasteiger partial charge in [0.2, 0.25) is 0 Å². The Morgan fingerprint density at radius 2 is 2.05 bits per heavy atom. The van der Waals surface area contributed by atoms with Crippen molar-refractivity contribution in [3.05, 3.63) is 53.7 Å². The van der Waals surface area contributed by atoms with Gasteiger partial charge in [0.15, 0.2) is 5.84 Å². The number of oxime groups is 1. The van der Waals surface area contributed by atoms with Crippen LogP contribution in [0.3, 0.4) is 0 Å². The van der Waals surface area contributed by atoms with Gasteiger partial charge in [-0.1, -0.05) is 23.4 Å². The Morgan fingerprint density at radius 1 is 1.30 bits per heavy atom. The Morgan fingerprint density at radius 3 is 2.60 bits per heavy atom. The van der Waals surface area contributed by atoms with Crippen LogP contribution >= 0.6 is 0 Å². The van der Waals surface area contributed by atoms with E-state index in [1.165, 1.54) is 5.56 Å². The number of para-hydroxylation sites is 1. The lowest BCUT2D eigenvalue weighted by molar-refractivity contribution is 0.318. The minimum Gasteiger partial charge on any atom is -0.409 e. The molecule has 0 bridgehead atoms. The van der Waals surface area contributed by atoms with Gasteiger partial charge in [0.25, 0.3) is 0 Å². The first-order valence-corrected chi connectivity index (χ1v) is 6.44. The van der Waals surface area contributed by atoms with Crippen LogP contribution in [0.25, 0.3) is 0 Å². The largest absolute Gasteiger partial charge is 0.409 e. The summed E-state index contributed by atoms with van der Waals surface area (Å²) < 4.78 is 0. The van der Waals surface area contributed by atoms with E-state index in [0.717, 1.165) is 18.1 Å². The fourth-order valence-electron chi connectivity index (χ4n) is 2.08. The average Bonchev–Trinajstić information content (AvgIpc) is 2.50. The summed E-state index contributed by atoms with van der Waals surface area (Å²) in [6.07, 6.45) is 1.60. The molecule has 0 aliphatic heterocycles. The van der Waals surface area contributed by atoms with Crippen molar-refractivity contribution in [3.8, 4) is 0 Å². The highest BCUT2D eigenvalue weighted by molar-refractivity contribution is 5.96. The maximum atomic E-state index is 8.65. The molecule has 2 aromatic rings. The van der Waals surface area contributed by atoms with E-state index >= 15 is 0 Å². The minimum absolute atomic E-state index is 0.0583. The van der Waals surface area contributed by atoms with E-state index in [-0.39, 0.29) is 5.84 Å². The molecular formula is C15H18N4O. The van der Waals surface area contributed by atoms with Crippen molar-refractivity contribution >= 4 is 17.3 Å². The zero-order valence-corrected chi connectivity index (χ0v) is 11.6. The Balaban J connectivity index is 2.36. The van der Waals surface area contributed by atoms with Crippen molar-refractivity contribution in [2.45, 2.75) is 13.8 Å². The Labute approximate surface area is 118 Å². The molecule has 0 fully saturated rings. The summed E-state index contributed by atoms with van der Waals surface area (Å²) in [4.78, 5) is 6.51. The Bertz CT molecular complexity index is 608. The van der Waals surface area contributed by atoms with Gasteiger partial charge in [0.05, 0.1) is 0 Å². The van der Waals surface area contributed by atoms with Gasteiger partial charge in [0.1, 0.15) is 5.82 Å². The van der Waals surface area contributed by atoms with Gasteiger partial charge in [-0.3, -0.25) is 0 Å². The second-order valence-corrected chi connectivity index (χ2v) is 4.42. The molecule has 0 spiro atoms. The predicted molar refractivity (Wildman–Crippen MR) is 80.6 cm³/mol. The number of aromatic nitrogens is 1. The second-order valence-electron chi connectivity index (χ2n) is 4.42. The molecule has 0 radical (unpaired) electrons. The Hall–Kier alpha value is -2.56. The number of nitrogens with two attached hydrogens (primary N) is 1. The molecular weight excluding hydrogens is 252 g/mol. The highest BCUT2D eigenvalue weighted by atomic mass is 16.4. The topological polar surface area (TPSA) is 74.7 Å². The predicted octanol–water partition coefficient (Wildman–Crippen LogP) is 2.64. The zero-order valence-electron chi connectivity index (χ0n) is 11.6. The lowest BCUT2D eigenvalue weighted by Gasteiger charge is -2.24. The van der Waals surface area contributed by atoms with Gasteiger partial charge in [-0.25, -0.2) is 4.98 Å². The highest BCUT2D eigenvalue weighted by Crippen LogP contribution is 2.26. The molecule has 1 aromatic heterocycles. The lowest BCUT2D eigenvalue weighted by Crippen LogP contribution is -2.19. The number of amidine groups is 1. The van der Waals surface area contributed by atoms with Crippen LogP contribution in [0.5, 0.6) is 0 Å². The van der Waals surface area contributed by atoms with Crippen LogP contribution in [0, 0.1) is 6.92 Å². The van der Waals surface area contributed by atoms with Crippen molar-refractivity contribution in [2.75, 3.05) is 11.4 Å². The summed E-state index contributed by atoms with van der Waals surface area (Å²) in [6.45, 7) is 4.95. The maximum Gasteiger partial charge on any atom is 0.171 e. The van der Waals surface area contributed by atoms with Crippen molar-refractivity contribution in [2.24, 2.45) is 10.9 Å². The van der Waals surface area contributed by atoms with Gasteiger partial charge >= 0.3 is 0 Å². The van der Waals surface area contributed by atoms with Gasteiger partial charge in [0, 0.05) is 24.0 Å². The normalized spacial score (nSPS) is 11.4. The van der Waals surface area contributed by atoms with Crippen LogP contribution in [0.4, 0.5) is 11.5 Å². The van der Waals surface area contributed by atoms with E-state index in [1.807, 2.05) is 18.2 Å². The van der Waals surface area contributed by atoms with E-state index in [2.05, 4.69) is 41.0 Å². The van der Waals surface area contributed by atoms with Crippen LogP contribution in [-0.4, -0.2) is 22.6 Å². The number of pyridine rings is 1. The monoisotopic (exact) mass is 270 g/mol. The van der Waals surface area contributed by atoms with Crippen LogP contribution in [0.2, 0.25) is 0 Å². The zero-order chi connectivity index (χ0) is 14.5. The van der Waals surface area contributed by atoms with E-state index in [4.69, 9.17) is 10.9 Å². The van der Waals surface area contributed by atoms with Crippen LogP contribution in [0.15, 0.2) is 47.8 Å². The molecule has 1 aromatic carbocycles. The van der Waals surface area contributed by atoms with Crippen molar-refractivity contribution < 1.29 is 5.21 Å². The van der Waals surface area contributed by atoms with E-state index < -0.39 is 0 Å². The number of benzene rings is 1. The Kier molecular flexibility index (Phi) is 4.20. The fourth-order valence-corrected chi connectivity index (χ4v) is 2.08. The van der Waals surface area contributed by atoms with Crippen molar-refractivity contribution in [1.82, 2.24) is 4.98 Å². The molecule has 0 unspecified atom stereocenters. The molecule has 3 N–H and O–H groups in total. The number of hydrogen-bond donors (Lipinski definition) is 2. The van der Waals surface area contributed by atoms with Gasteiger partial charge in [-0.05, 0) is 37.6 Å². The summed E-state index contributed by atoms with van der Waals surface area (Å²) in [5, 5.41) is 11.6. The molecule has 0 atom stereocenters. The van der Waals surface area contributed by atoms with E-state index in [9.17, 15) is 0 Å². The second kappa shape index (κ2) is 6.06. The van der Waals surface area contributed by atoms with E-state index in [0.29, 0.717) is 5.56 Å². The molecule has 5 nitrogen and oxygen atoms in total. The summed E-state index contributed by atoms with van der Waals surface area (Å²) in [5.41, 5.74) is 8.44.